The first-order valence-electron chi connectivity index (χ1n) is 10.4. The molecule has 170 valence electrons. The summed E-state index contributed by atoms with van der Waals surface area (Å²) in [7, 11) is 0. The number of carbonyl (C=O) groups excluding carboxylic acids is 1. The number of benzene rings is 1. The van der Waals surface area contributed by atoms with E-state index in [1.165, 1.54) is 17.8 Å². The van der Waals surface area contributed by atoms with Crippen molar-refractivity contribution >= 4 is 23.5 Å². The first kappa shape index (κ1) is 22.7. The van der Waals surface area contributed by atoms with Crippen LogP contribution in [0.2, 0.25) is 0 Å². The molecule has 0 bridgehead atoms. The predicted molar refractivity (Wildman–Crippen MR) is 124 cm³/mol. The highest BCUT2D eigenvalue weighted by Gasteiger charge is 2.36. The maximum Gasteiger partial charge on any atom is 0.337 e. The molecule has 0 amide bonds. The van der Waals surface area contributed by atoms with Crippen LogP contribution in [0.25, 0.3) is 0 Å². The molecule has 3 aromatic rings. The fraction of sp³-hybridized carbons (Fsp3) is 0.250. The number of aromatic nitrogens is 3. The molecule has 1 unspecified atom stereocenters. The van der Waals surface area contributed by atoms with Gasteiger partial charge in [-0.3, -0.25) is 9.78 Å². The molecule has 9 heteroatoms. The van der Waals surface area contributed by atoms with Crippen LogP contribution in [0.3, 0.4) is 0 Å². The molecule has 3 heterocycles. The second-order valence-electron chi connectivity index (χ2n) is 7.85. The second-order valence-corrected chi connectivity index (χ2v) is 8.81. The van der Waals surface area contributed by atoms with Crippen molar-refractivity contribution in [1.82, 2.24) is 15.0 Å². The van der Waals surface area contributed by atoms with E-state index in [0.717, 1.165) is 0 Å². The lowest BCUT2D eigenvalue weighted by molar-refractivity contribution is -0.143. The van der Waals surface area contributed by atoms with Gasteiger partial charge >= 0.3 is 5.97 Å². The van der Waals surface area contributed by atoms with Gasteiger partial charge < -0.3 is 15.0 Å². The van der Waals surface area contributed by atoms with Gasteiger partial charge in [0.15, 0.2) is 5.16 Å². The Balaban J connectivity index is 1.75. The molecule has 2 aromatic heterocycles. The number of ether oxygens (including phenoxy) is 1. The van der Waals surface area contributed by atoms with Crippen molar-refractivity contribution in [3.63, 3.8) is 0 Å². The number of hydrogen-bond acceptors (Lipinski definition) is 7. The number of rotatable bonds is 6. The first-order chi connectivity index (χ1) is 15.8. The highest BCUT2D eigenvalue weighted by molar-refractivity contribution is 7.98. The number of esters is 1. The maximum atomic E-state index is 14.0. The van der Waals surface area contributed by atoms with Gasteiger partial charge in [-0.1, -0.05) is 36.0 Å². The van der Waals surface area contributed by atoms with Crippen molar-refractivity contribution in [1.29, 1.82) is 0 Å². The number of anilines is 1. The molecule has 0 saturated heterocycles. The molecule has 0 saturated carbocycles. The average Bonchev–Trinajstić information content (AvgIpc) is 2.77. The lowest BCUT2D eigenvalue weighted by Gasteiger charge is -2.29. The number of halogens is 1. The van der Waals surface area contributed by atoms with E-state index < -0.39 is 11.9 Å². The van der Waals surface area contributed by atoms with Gasteiger partial charge in [-0.15, -0.1) is 0 Å². The summed E-state index contributed by atoms with van der Waals surface area (Å²) in [6, 6.07) is 10.0. The van der Waals surface area contributed by atoms with E-state index in [2.05, 4.69) is 20.3 Å². The maximum absolute atomic E-state index is 14.0. The Morgan fingerprint density at radius 3 is 2.73 bits per heavy atom. The third-order valence-electron chi connectivity index (χ3n) is 5.12. The fourth-order valence-corrected chi connectivity index (χ4v) is 4.54. The zero-order valence-electron chi connectivity index (χ0n) is 18.4. The number of thioether (sulfide) groups is 1. The van der Waals surface area contributed by atoms with E-state index in [1.54, 1.807) is 57.4 Å². The van der Waals surface area contributed by atoms with E-state index in [0.29, 0.717) is 44.7 Å². The summed E-state index contributed by atoms with van der Waals surface area (Å²) in [5.41, 5.74) is 1.99. The molecule has 1 aromatic carbocycles. The summed E-state index contributed by atoms with van der Waals surface area (Å²) < 4.78 is 19.4. The number of nitrogens with zero attached hydrogens (tertiary/aromatic N) is 2. The number of pyridine rings is 1. The SMILES string of the molecule is CC1=C(C(=O)OC(C)C)C(c2cccnc2)c2c(nc(SCc3ccccc3F)[nH]c2=O)N1. The van der Waals surface area contributed by atoms with Crippen molar-refractivity contribution in [3.8, 4) is 0 Å². The van der Waals surface area contributed by atoms with E-state index in [1.807, 2.05) is 6.07 Å². The number of fused-ring (bicyclic) bond motifs is 1. The van der Waals surface area contributed by atoms with Crippen LogP contribution in [0.1, 0.15) is 43.4 Å². The summed E-state index contributed by atoms with van der Waals surface area (Å²) in [5, 5.41) is 3.44. The van der Waals surface area contributed by atoms with Crippen LogP contribution in [-0.2, 0) is 15.3 Å². The van der Waals surface area contributed by atoms with Crippen molar-refractivity contribution in [2.45, 2.75) is 43.7 Å². The number of aromatic amines is 1. The van der Waals surface area contributed by atoms with Crippen molar-refractivity contribution in [2.75, 3.05) is 5.32 Å². The number of carbonyl (C=O) groups is 1. The van der Waals surface area contributed by atoms with Crippen molar-refractivity contribution in [3.05, 3.63) is 92.9 Å². The van der Waals surface area contributed by atoms with Crippen LogP contribution in [0.5, 0.6) is 0 Å². The van der Waals surface area contributed by atoms with E-state index in [-0.39, 0.29) is 17.5 Å². The van der Waals surface area contributed by atoms with Gasteiger partial charge in [0.2, 0.25) is 0 Å². The Bertz CT molecular complexity index is 1270. The minimum atomic E-state index is -0.692. The Morgan fingerprint density at radius 1 is 1.24 bits per heavy atom. The minimum Gasteiger partial charge on any atom is -0.460 e. The molecular formula is C24H23FN4O3S. The predicted octanol–water partition coefficient (Wildman–Crippen LogP) is 4.38. The normalized spacial score (nSPS) is 15.2. The number of nitrogens with one attached hydrogen (secondary N) is 2. The summed E-state index contributed by atoms with van der Waals surface area (Å²) >= 11 is 1.22. The zero-order chi connectivity index (χ0) is 23.5. The first-order valence-corrected chi connectivity index (χ1v) is 11.4. The van der Waals surface area contributed by atoms with Crippen LogP contribution in [0.15, 0.2) is 70.0 Å². The van der Waals surface area contributed by atoms with Gasteiger partial charge in [0.25, 0.3) is 5.56 Å². The summed E-state index contributed by atoms with van der Waals surface area (Å²) in [6.45, 7) is 5.28. The minimum absolute atomic E-state index is 0.305. The molecule has 1 aliphatic heterocycles. The van der Waals surface area contributed by atoms with E-state index in [4.69, 9.17) is 4.74 Å². The fourth-order valence-electron chi connectivity index (χ4n) is 3.69. The molecule has 1 atom stereocenters. The van der Waals surface area contributed by atoms with Gasteiger partial charge in [0, 0.05) is 23.8 Å². The molecule has 2 N–H and O–H groups in total. The van der Waals surface area contributed by atoms with Crippen LogP contribution >= 0.6 is 11.8 Å². The van der Waals surface area contributed by atoms with E-state index >= 15 is 0 Å². The van der Waals surface area contributed by atoms with E-state index in [9.17, 15) is 14.0 Å². The van der Waals surface area contributed by atoms with Gasteiger partial charge in [0.1, 0.15) is 11.6 Å². The van der Waals surface area contributed by atoms with Crippen molar-refractivity contribution in [2.24, 2.45) is 0 Å². The standard InChI is InChI=1S/C24H23FN4O3S/c1-13(2)32-23(31)18-14(3)27-21-20(19(18)15-8-6-10-26-11-15)22(30)29-24(28-21)33-12-16-7-4-5-9-17(16)25/h4-11,13,19H,12H2,1-3H3,(H2,27,28,29,30). The summed E-state index contributed by atoms with van der Waals surface area (Å²) in [4.78, 5) is 37.7. The molecule has 0 spiro atoms. The molecular weight excluding hydrogens is 443 g/mol. The Morgan fingerprint density at radius 2 is 2.03 bits per heavy atom. The van der Waals surface area contributed by atoms with Crippen LogP contribution < -0.4 is 10.9 Å². The molecule has 0 radical (unpaired) electrons. The number of H-pyrrole nitrogens is 1. The highest BCUT2D eigenvalue weighted by atomic mass is 32.2. The third-order valence-corrected chi connectivity index (χ3v) is 6.05. The topological polar surface area (TPSA) is 97.0 Å². The summed E-state index contributed by atoms with van der Waals surface area (Å²) in [6.07, 6.45) is 2.93. The average molecular weight is 467 g/mol. The van der Waals surface area contributed by atoms with Crippen LogP contribution in [0, 0.1) is 5.82 Å². The highest BCUT2D eigenvalue weighted by Crippen LogP contribution is 2.40. The molecule has 0 fully saturated rings. The quantitative estimate of drug-likeness (QED) is 0.316. The Labute approximate surface area is 194 Å². The van der Waals surface area contributed by atoms with Gasteiger partial charge in [-0.25, -0.2) is 14.2 Å². The van der Waals surface area contributed by atoms with Gasteiger partial charge in [-0.05, 0) is 44.0 Å². The van der Waals surface area contributed by atoms with Crippen LogP contribution in [0.4, 0.5) is 10.2 Å². The molecule has 33 heavy (non-hydrogen) atoms. The van der Waals surface area contributed by atoms with Gasteiger partial charge in [0.05, 0.1) is 23.2 Å². The zero-order valence-corrected chi connectivity index (χ0v) is 19.2. The number of allylic oxidation sites excluding steroid dienone is 1. The summed E-state index contributed by atoms with van der Waals surface area (Å²) in [5.74, 6) is -0.856. The molecule has 0 aliphatic carbocycles. The van der Waals surface area contributed by atoms with Gasteiger partial charge in [-0.2, -0.15) is 0 Å². The molecule has 7 nitrogen and oxygen atoms in total. The smallest absolute Gasteiger partial charge is 0.337 e. The van der Waals surface area contributed by atoms with Crippen molar-refractivity contribution < 1.29 is 13.9 Å². The molecule has 1 aliphatic rings. The lowest BCUT2D eigenvalue weighted by Crippen LogP contribution is -2.31. The lowest BCUT2D eigenvalue weighted by atomic mass is 9.83. The molecule has 4 rings (SSSR count). The number of hydrogen-bond donors (Lipinski definition) is 2. The van der Waals surface area contributed by atoms with Crippen LogP contribution in [-0.4, -0.2) is 27.0 Å². The third kappa shape index (κ3) is 4.83. The second kappa shape index (κ2) is 9.58. The largest absolute Gasteiger partial charge is 0.460 e. The Kier molecular flexibility index (Phi) is 6.60. The Hall–Kier alpha value is -3.46. The monoisotopic (exact) mass is 466 g/mol.